The summed E-state index contributed by atoms with van der Waals surface area (Å²) in [6, 6.07) is 2.70. The lowest BCUT2D eigenvalue weighted by Crippen LogP contribution is -2.56. The molecular formula is C29H41IN2O8. The summed E-state index contributed by atoms with van der Waals surface area (Å²) in [4.78, 5) is 28.5. The van der Waals surface area contributed by atoms with Crippen LogP contribution in [0.4, 0.5) is 0 Å². The van der Waals surface area contributed by atoms with Gasteiger partial charge in [0.05, 0.1) is 36.5 Å². The molecule has 40 heavy (non-hydrogen) atoms. The minimum atomic E-state index is -1.13. The number of rotatable bonds is 13. The van der Waals surface area contributed by atoms with Gasteiger partial charge in [-0.3, -0.25) is 9.59 Å². The fraction of sp³-hybridized carbons (Fsp3) is 0.655. The lowest BCUT2D eigenvalue weighted by Gasteiger charge is -2.41. The molecule has 0 heterocycles. The van der Waals surface area contributed by atoms with Crippen molar-refractivity contribution < 1.29 is 39.1 Å². The number of hydrogen-bond acceptors (Lipinski definition) is 8. The first-order valence-corrected chi connectivity index (χ1v) is 15.1. The van der Waals surface area contributed by atoms with Crippen molar-refractivity contribution in [1.82, 2.24) is 10.2 Å². The molecule has 0 radical (unpaired) electrons. The standard InChI is InChI=1S/C29H41IN2O8/c1-38-8-6-32(26(35)15-20-10-17-3-4-19(20)9-17)23-13-21(29(37)31-5-7-33)14-24(27(23)36)40-28-22(30)11-18(16-34)12-25(28)39-2/h11-12,14,17,19-20,23-24,27,33-34,36H,3-10,13,15-16H2,1-2H3,(H,31,37). The second kappa shape index (κ2) is 14.3. The molecule has 3 aliphatic rings. The summed E-state index contributed by atoms with van der Waals surface area (Å²) >= 11 is 2.08. The van der Waals surface area contributed by atoms with Crippen LogP contribution >= 0.6 is 22.6 Å². The fourth-order valence-electron chi connectivity index (χ4n) is 6.53. The van der Waals surface area contributed by atoms with Gasteiger partial charge in [0.15, 0.2) is 11.5 Å². The average molecular weight is 673 g/mol. The molecule has 2 amide bonds. The molecule has 2 bridgehead atoms. The number of carbonyl (C=O) groups is 2. The van der Waals surface area contributed by atoms with Crippen LogP contribution in [-0.4, -0.2) is 90.8 Å². The van der Waals surface area contributed by atoms with E-state index in [2.05, 4.69) is 27.9 Å². The zero-order valence-corrected chi connectivity index (χ0v) is 25.3. The molecule has 0 saturated heterocycles. The molecule has 2 saturated carbocycles. The highest BCUT2D eigenvalue weighted by Gasteiger charge is 2.44. The monoisotopic (exact) mass is 672 g/mol. The maximum absolute atomic E-state index is 13.8. The van der Waals surface area contributed by atoms with Crippen molar-refractivity contribution in [1.29, 1.82) is 0 Å². The van der Waals surface area contributed by atoms with E-state index in [-0.39, 0.29) is 44.5 Å². The second-order valence-electron chi connectivity index (χ2n) is 11.0. The number of carbonyl (C=O) groups excluding carboxylic acids is 2. The molecule has 4 N–H and O–H groups in total. The van der Waals surface area contributed by atoms with Gasteiger partial charge in [0, 0.05) is 38.6 Å². The predicted octanol–water partition coefficient (Wildman–Crippen LogP) is 2.01. The van der Waals surface area contributed by atoms with Crippen LogP contribution in [0.25, 0.3) is 0 Å². The topological polar surface area (TPSA) is 138 Å². The first kappa shape index (κ1) is 31.0. The SMILES string of the molecule is COCCN(C(=O)CC1CC2CCC1C2)C1CC(C(=O)NCCO)=CC(Oc2c(I)cc(CO)cc2OC)C1O. The smallest absolute Gasteiger partial charge is 0.247 e. The van der Waals surface area contributed by atoms with E-state index >= 15 is 0 Å². The molecule has 1 aromatic carbocycles. The van der Waals surface area contributed by atoms with Gasteiger partial charge in [0.25, 0.3) is 0 Å². The van der Waals surface area contributed by atoms with Gasteiger partial charge in [0.1, 0.15) is 12.2 Å². The number of methoxy groups -OCH3 is 2. The summed E-state index contributed by atoms with van der Waals surface area (Å²) in [7, 11) is 3.06. The third-order valence-electron chi connectivity index (χ3n) is 8.52. The molecule has 222 valence electrons. The molecule has 3 aliphatic carbocycles. The third kappa shape index (κ3) is 7.10. The quantitative estimate of drug-likeness (QED) is 0.234. The highest BCUT2D eigenvalue weighted by Crippen LogP contribution is 2.49. The van der Waals surface area contributed by atoms with Crippen LogP contribution in [0.15, 0.2) is 23.8 Å². The summed E-state index contributed by atoms with van der Waals surface area (Å²) in [6.45, 7) is 0.276. The highest BCUT2D eigenvalue weighted by molar-refractivity contribution is 14.1. The van der Waals surface area contributed by atoms with Crippen LogP contribution in [0.5, 0.6) is 11.5 Å². The van der Waals surface area contributed by atoms with Crippen LogP contribution in [-0.2, 0) is 20.9 Å². The van der Waals surface area contributed by atoms with Crippen molar-refractivity contribution in [2.75, 3.05) is 40.5 Å². The van der Waals surface area contributed by atoms with Gasteiger partial charge >= 0.3 is 0 Å². The van der Waals surface area contributed by atoms with Crippen LogP contribution in [0, 0.1) is 21.3 Å². The van der Waals surface area contributed by atoms with Crippen molar-refractivity contribution >= 4 is 34.4 Å². The molecule has 4 rings (SSSR count). The number of aliphatic hydroxyl groups excluding tert-OH is 3. The van der Waals surface area contributed by atoms with Gasteiger partial charge in [-0.05, 0) is 83.4 Å². The van der Waals surface area contributed by atoms with E-state index < -0.39 is 18.2 Å². The van der Waals surface area contributed by atoms with Gasteiger partial charge in [-0.2, -0.15) is 0 Å². The molecule has 6 atom stereocenters. The van der Waals surface area contributed by atoms with E-state index in [0.717, 1.165) is 6.42 Å². The molecule has 0 aliphatic heterocycles. The van der Waals surface area contributed by atoms with Gasteiger partial charge in [-0.25, -0.2) is 0 Å². The molecule has 6 unspecified atom stereocenters. The highest BCUT2D eigenvalue weighted by atomic mass is 127. The molecule has 10 nitrogen and oxygen atoms in total. The van der Waals surface area contributed by atoms with E-state index in [1.165, 1.54) is 26.4 Å². The Morgan fingerprint density at radius 1 is 1.18 bits per heavy atom. The molecule has 11 heteroatoms. The molecule has 0 aromatic heterocycles. The van der Waals surface area contributed by atoms with Crippen LogP contribution in [0.1, 0.15) is 44.1 Å². The Morgan fingerprint density at radius 2 is 1.98 bits per heavy atom. The first-order chi connectivity index (χ1) is 19.3. The number of nitrogens with zero attached hydrogens (tertiary/aromatic N) is 1. The molecule has 1 aromatic rings. The summed E-state index contributed by atoms with van der Waals surface area (Å²) in [6.07, 6.45) is 4.75. The summed E-state index contributed by atoms with van der Waals surface area (Å²) in [5.74, 6) is 1.97. The summed E-state index contributed by atoms with van der Waals surface area (Å²) in [5.41, 5.74) is 1.01. The minimum Gasteiger partial charge on any atom is -0.493 e. The molecular weight excluding hydrogens is 631 g/mol. The van der Waals surface area contributed by atoms with E-state index in [0.29, 0.717) is 57.0 Å². The van der Waals surface area contributed by atoms with Crippen molar-refractivity contribution in [2.45, 2.75) is 63.4 Å². The Morgan fingerprint density at radius 3 is 2.60 bits per heavy atom. The number of ether oxygens (including phenoxy) is 3. The van der Waals surface area contributed by atoms with Crippen LogP contribution in [0.2, 0.25) is 0 Å². The minimum absolute atomic E-state index is 0.0473. The predicted molar refractivity (Wildman–Crippen MR) is 156 cm³/mol. The van der Waals surface area contributed by atoms with E-state index in [1.807, 2.05) is 0 Å². The van der Waals surface area contributed by atoms with Crippen LogP contribution < -0.4 is 14.8 Å². The lowest BCUT2D eigenvalue weighted by atomic mass is 9.84. The Hall–Kier alpha value is -1.93. The van der Waals surface area contributed by atoms with Crippen molar-refractivity contribution in [3.8, 4) is 11.5 Å². The first-order valence-electron chi connectivity index (χ1n) is 14.0. The molecule has 2 fully saturated rings. The van der Waals surface area contributed by atoms with Gasteiger partial charge in [-0.1, -0.05) is 6.42 Å². The number of hydrogen-bond donors (Lipinski definition) is 4. The number of fused-ring (bicyclic) bond motifs is 2. The largest absolute Gasteiger partial charge is 0.493 e. The summed E-state index contributed by atoms with van der Waals surface area (Å²) in [5, 5.41) is 33.2. The Balaban J connectivity index is 1.63. The molecule has 0 spiro atoms. The van der Waals surface area contributed by atoms with E-state index in [1.54, 1.807) is 30.2 Å². The van der Waals surface area contributed by atoms with Crippen molar-refractivity contribution in [2.24, 2.45) is 17.8 Å². The zero-order chi connectivity index (χ0) is 28.8. The lowest BCUT2D eigenvalue weighted by molar-refractivity contribution is -0.141. The Kier molecular flexibility index (Phi) is 11.1. The Labute approximate surface area is 249 Å². The third-order valence-corrected chi connectivity index (χ3v) is 9.32. The number of nitrogens with one attached hydrogen (secondary N) is 1. The van der Waals surface area contributed by atoms with Crippen molar-refractivity contribution in [3.63, 3.8) is 0 Å². The van der Waals surface area contributed by atoms with Gasteiger partial charge < -0.3 is 39.7 Å². The maximum Gasteiger partial charge on any atom is 0.247 e. The van der Waals surface area contributed by atoms with Gasteiger partial charge in [-0.15, -0.1) is 0 Å². The average Bonchev–Trinajstić information content (AvgIpc) is 3.57. The van der Waals surface area contributed by atoms with Crippen molar-refractivity contribution in [3.05, 3.63) is 32.9 Å². The number of amides is 2. The summed E-state index contributed by atoms with van der Waals surface area (Å²) < 4.78 is 17.8. The number of halogens is 1. The Bertz CT molecular complexity index is 1080. The van der Waals surface area contributed by atoms with E-state index in [9.17, 15) is 24.9 Å². The second-order valence-corrected chi connectivity index (χ2v) is 12.2. The van der Waals surface area contributed by atoms with E-state index in [4.69, 9.17) is 14.2 Å². The van der Waals surface area contributed by atoms with Gasteiger partial charge in [0.2, 0.25) is 11.8 Å². The number of benzene rings is 1. The zero-order valence-electron chi connectivity index (χ0n) is 23.2. The fourth-order valence-corrected chi connectivity index (χ4v) is 7.32. The number of aliphatic hydroxyl groups is 3. The maximum atomic E-state index is 13.8. The normalized spacial score (nSPS) is 27.3. The van der Waals surface area contributed by atoms with Crippen LogP contribution in [0.3, 0.4) is 0 Å².